The Kier molecular flexibility index (Phi) is 7.21. The van der Waals surface area contributed by atoms with Gasteiger partial charge in [0.1, 0.15) is 0 Å². The Morgan fingerprint density at radius 1 is 1.15 bits per heavy atom. The van der Waals surface area contributed by atoms with Crippen molar-refractivity contribution in [1.82, 2.24) is 10.4 Å². The first-order valence-corrected chi connectivity index (χ1v) is 7.56. The van der Waals surface area contributed by atoms with Gasteiger partial charge >= 0.3 is 5.97 Å². The van der Waals surface area contributed by atoms with Gasteiger partial charge in [-0.3, -0.25) is 14.4 Å². The summed E-state index contributed by atoms with van der Waals surface area (Å²) in [5.41, 5.74) is 0. The van der Waals surface area contributed by atoms with E-state index in [9.17, 15) is 19.2 Å². The van der Waals surface area contributed by atoms with E-state index >= 15 is 0 Å². The number of imide groups is 1. The molecule has 0 saturated carbocycles. The maximum atomic E-state index is 11.4. The monoisotopic (exact) mass is 348 g/mol. The van der Waals surface area contributed by atoms with E-state index in [1.807, 2.05) is 0 Å². The smallest absolute Gasteiger partial charge is 0.333 e. The molecular formula is C12H17BrN2O5. The quantitative estimate of drug-likeness (QED) is 0.395. The van der Waals surface area contributed by atoms with Crippen molar-refractivity contribution in [2.45, 2.75) is 38.5 Å². The fraction of sp³-hybridized carbons (Fsp3) is 0.667. The van der Waals surface area contributed by atoms with Crippen molar-refractivity contribution < 1.29 is 24.0 Å². The molecule has 0 atom stereocenters. The number of rotatable bonds is 8. The van der Waals surface area contributed by atoms with E-state index in [2.05, 4.69) is 21.2 Å². The molecule has 1 fully saturated rings. The number of nitrogens with one attached hydrogen (secondary N) is 1. The SMILES string of the molecule is O=C(CBr)NCCCCCC(=O)ON1C(=O)CCC1=O. The number of halogens is 1. The summed E-state index contributed by atoms with van der Waals surface area (Å²) in [4.78, 5) is 49.5. The minimum Gasteiger partial charge on any atom is -0.355 e. The molecule has 1 rings (SSSR count). The summed E-state index contributed by atoms with van der Waals surface area (Å²) in [6, 6.07) is 0. The first-order valence-electron chi connectivity index (χ1n) is 6.44. The second-order valence-corrected chi connectivity index (χ2v) is 4.90. The summed E-state index contributed by atoms with van der Waals surface area (Å²) in [7, 11) is 0. The first kappa shape index (κ1) is 16.6. The van der Waals surface area contributed by atoms with Gasteiger partial charge in [-0.25, -0.2) is 4.79 Å². The molecule has 1 aliphatic heterocycles. The highest BCUT2D eigenvalue weighted by Crippen LogP contribution is 2.13. The maximum Gasteiger partial charge on any atom is 0.333 e. The molecule has 0 aliphatic carbocycles. The average Bonchev–Trinajstić information content (AvgIpc) is 2.74. The second-order valence-electron chi connectivity index (χ2n) is 4.34. The number of amides is 3. The third-order valence-corrected chi connectivity index (χ3v) is 3.21. The molecule has 1 N–H and O–H groups in total. The van der Waals surface area contributed by atoms with Crippen LogP contribution in [0.4, 0.5) is 0 Å². The van der Waals surface area contributed by atoms with Gasteiger partial charge in [0, 0.05) is 25.8 Å². The van der Waals surface area contributed by atoms with Crippen LogP contribution in [-0.2, 0) is 24.0 Å². The Balaban J connectivity index is 2.07. The van der Waals surface area contributed by atoms with E-state index in [0.29, 0.717) is 18.0 Å². The summed E-state index contributed by atoms with van der Waals surface area (Å²) in [6.07, 6.45) is 2.43. The predicted molar refractivity (Wildman–Crippen MR) is 72.5 cm³/mol. The normalized spacial score (nSPS) is 14.6. The molecule has 3 amide bonds. The molecule has 0 unspecified atom stereocenters. The van der Waals surface area contributed by atoms with Crippen LogP contribution in [0.2, 0.25) is 0 Å². The summed E-state index contributed by atoms with van der Waals surface area (Å²) >= 11 is 3.03. The largest absolute Gasteiger partial charge is 0.355 e. The van der Waals surface area contributed by atoms with Crippen molar-refractivity contribution in [3.63, 3.8) is 0 Å². The van der Waals surface area contributed by atoms with Crippen LogP contribution in [0.1, 0.15) is 38.5 Å². The van der Waals surface area contributed by atoms with Crippen LogP contribution < -0.4 is 5.32 Å². The molecule has 0 bridgehead atoms. The van der Waals surface area contributed by atoms with E-state index in [4.69, 9.17) is 4.84 Å². The third kappa shape index (κ3) is 5.68. The second kappa shape index (κ2) is 8.68. The molecule has 0 spiro atoms. The number of alkyl halides is 1. The molecule has 8 heteroatoms. The van der Waals surface area contributed by atoms with E-state index in [0.717, 1.165) is 12.8 Å². The molecule has 0 aromatic rings. The van der Waals surface area contributed by atoms with Crippen molar-refractivity contribution in [1.29, 1.82) is 0 Å². The maximum absolute atomic E-state index is 11.4. The van der Waals surface area contributed by atoms with Gasteiger partial charge in [-0.1, -0.05) is 22.4 Å². The van der Waals surface area contributed by atoms with Crippen molar-refractivity contribution in [2.75, 3.05) is 11.9 Å². The number of carbonyl (C=O) groups is 4. The van der Waals surface area contributed by atoms with Crippen molar-refractivity contribution in [2.24, 2.45) is 0 Å². The van der Waals surface area contributed by atoms with Gasteiger partial charge < -0.3 is 10.2 Å². The zero-order chi connectivity index (χ0) is 15.0. The molecule has 20 heavy (non-hydrogen) atoms. The topological polar surface area (TPSA) is 92.8 Å². The van der Waals surface area contributed by atoms with Gasteiger partial charge in [-0.2, -0.15) is 0 Å². The Bertz CT molecular complexity index is 383. The van der Waals surface area contributed by atoms with Crippen molar-refractivity contribution >= 4 is 39.6 Å². The Morgan fingerprint density at radius 2 is 1.80 bits per heavy atom. The van der Waals surface area contributed by atoms with Crippen LogP contribution in [0.15, 0.2) is 0 Å². The third-order valence-electron chi connectivity index (χ3n) is 2.70. The molecule has 1 saturated heterocycles. The highest BCUT2D eigenvalue weighted by molar-refractivity contribution is 9.09. The minimum absolute atomic E-state index is 0.0736. The number of hydroxylamine groups is 2. The number of hydrogen-bond acceptors (Lipinski definition) is 5. The highest BCUT2D eigenvalue weighted by atomic mass is 79.9. The van der Waals surface area contributed by atoms with Crippen LogP contribution in [0.3, 0.4) is 0 Å². The predicted octanol–water partition coefficient (Wildman–Crippen LogP) is 0.665. The van der Waals surface area contributed by atoms with Crippen LogP contribution in [0, 0.1) is 0 Å². The standard InChI is InChI=1S/C12H17BrN2O5/c13-8-9(16)14-7-3-1-2-4-12(19)20-15-10(17)5-6-11(15)18/h1-8H2,(H,14,16). The van der Waals surface area contributed by atoms with Crippen LogP contribution >= 0.6 is 15.9 Å². The van der Waals surface area contributed by atoms with Gasteiger partial charge in [0.15, 0.2) is 0 Å². The van der Waals surface area contributed by atoms with Gasteiger partial charge in [-0.05, 0) is 12.8 Å². The van der Waals surface area contributed by atoms with Gasteiger partial charge in [-0.15, -0.1) is 5.06 Å². The Hall–Kier alpha value is -1.44. The zero-order valence-electron chi connectivity index (χ0n) is 11.0. The highest BCUT2D eigenvalue weighted by Gasteiger charge is 2.32. The first-order chi connectivity index (χ1) is 9.54. The lowest BCUT2D eigenvalue weighted by atomic mass is 10.2. The van der Waals surface area contributed by atoms with E-state index in [-0.39, 0.29) is 30.5 Å². The number of unbranched alkanes of at least 4 members (excludes halogenated alkanes) is 2. The number of carbonyl (C=O) groups excluding carboxylic acids is 4. The number of hydrogen-bond donors (Lipinski definition) is 1. The van der Waals surface area contributed by atoms with E-state index in [1.54, 1.807) is 0 Å². The molecular weight excluding hydrogens is 332 g/mol. The van der Waals surface area contributed by atoms with Crippen LogP contribution in [0.25, 0.3) is 0 Å². The molecule has 0 aromatic carbocycles. The zero-order valence-corrected chi connectivity index (χ0v) is 12.6. The summed E-state index contributed by atoms with van der Waals surface area (Å²) in [5.74, 6) is -1.60. The number of nitrogens with zero attached hydrogens (tertiary/aromatic N) is 1. The lowest BCUT2D eigenvalue weighted by molar-refractivity contribution is -0.197. The Labute approximate surface area is 125 Å². The van der Waals surface area contributed by atoms with E-state index < -0.39 is 17.8 Å². The molecule has 7 nitrogen and oxygen atoms in total. The Morgan fingerprint density at radius 3 is 2.40 bits per heavy atom. The van der Waals surface area contributed by atoms with Crippen molar-refractivity contribution in [3.8, 4) is 0 Å². The summed E-state index contributed by atoms with van der Waals surface area (Å²) in [5, 5.41) is 3.52. The lowest BCUT2D eigenvalue weighted by Crippen LogP contribution is -2.32. The summed E-state index contributed by atoms with van der Waals surface area (Å²) < 4.78 is 0. The minimum atomic E-state index is -0.585. The molecule has 112 valence electrons. The van der Waals surface area contributed by atoms with Gasteiger partial charge in [0.25, 0.3) is 11.8 Å². The molecule has 1 aliphatic rings. The summed E-state index contributed by atoms with van der Waals surface area (Å²) in [6.45, 7) is 0.558. The fourth-order valence-corrected chi connectivity index (χ4v) is 1.85. The fourth-order valence-electron chi connectivity index (χ4n) is 1.65. The molecule has 0 radical (unpaired) electrons. The molecule has 1 heterocycles. The van der Waals surface area contributed by atoms with E-state index in [1.165, 1.54) is 0 Å². The van der Waals surface area contributed by atoms with Crippen LogP contribution in [0.5, 0.6) is 0 Å². The van der Waals surface area contributed by atoms with Crippen LogP contribution in [-0.4, -0.2) is 40.6 Å². The molecule has 0 aromatic heterocycles. The van der Waals surface area contributed by atoms with Gasteiger partial charge in [0.2, 0.25) is 5.91 Å². The van der Waals surface area contributed by atoms with Crippen molar-refractivity contribution in [3.05, 3.63) is 0 Å². The van der Waals surface area contributed by atoms with Gasteiger partial charge in [0.05, 0.1) is 5.33 Å². The lowest BCUT2D eigenvalue weighted by Gasteiger charge is -2.12. The average molecular weight is 349 g/mol.